The molecule has 4 rings (SSSR count). The number of nitrogens with zero attached hydrogens (tertiary/aromatic N) is 2. The fourth-order valence-electron chi connectivity index (χ4n) is 4.23. The third kappa shape index (κ3) is 4.72. The second-order valence-corrected chi connectivity index (χ2v) is 8.19. The molecule has 10 heteroatoms. The number of hydrogen-bond acceptors (Lipinski definition) is 2. The molecule has 1 aromatic heterocycles. The van der Waals surface area contributed by atoms with Crippen LogP contribution in [0.25, 0.3) is 10.9 Å². The topological polar surface area (TPSA) is 80.5 Å². The molecule has 3 N–H and O–H groups in total. The van der Waals surface area contributed by atoms with Crippen LogP contribution in [0.2, 0.25) is 0 Å². The lowest BCUT2D eigenvalue weighted by Crippen LogP contribution is -2.56. The molecular weight excluding hydrogens is 411 g/mol. The molecule has 4 amide bonds. The van der Waals surface area contributed by atoms with Crippen molar-refractivity contribution >= 4 is 23.0 Å². The molecule has 1 aromatic carbocycles. The Morgan fingerprint density at radius 1 is 1.19 bits per heavy atom. The number of H-pyrrole nitrogens is 1. The minimum Gasteiger partial charge on any atom is -0.357 e. The van der Waals surface area contributed by atoms with Gasteiger partial charge in [0.1, 0.15) is 0 Å². The Balaban J connectivity index is 1.42. The summed E-state index contributed by atoms with van der Waals surface area (Å²) in [5.41, 5.74) is 0.520. The third-order valence-electron chi connectivity index (χ3n) is 5.90. The van der Waals surface area contributed by atoms with Gasteiger partial charge in [-0.2, -0.15) is 13.2 Å². The zero-order chi connectivity index (χ0) is 22.2. The second kappa shape index (κ2) is 8.32. The van der Waals surface area contributed by atoms with Crippen molar-refractivity contribution in [2.45, 2.75) is 50.5 Å². The summed E-state index contributed by atoms with van der Waals surface area (Å²) >= 11 is 0. The van der Waals surface area contributed by atoms with Crippen LogP contribution in [0.4, 0.5) is 22.8 Å². The summed E-state index contributed by atoms with van der Waals surface area (Å²) in [6, 6.07) is 4.94. The maximum atomic E-state index is 13.0. The molecule has 0 spiro atoms. The number of benzene rings is 1. The number of halogens is 3. The van der Waals surface area contributed by atoms with Crippen LogP contribution in [0, 0.1) is 0 Å². The molecule has 168 valence electrons. The Kier molecular flexibility index (Phi) is 5.72. The first-order chi connectivity index (χ1) is 14.8. The lowest BCUT2D eigenvalue weighted by molar-refractivity contribution is -0.137. The summed E-state index contributed by atoms with van der Waals surface area (Å²) in [7, 11) is 1.59. The fraction of sp³-hybridized carbons (Fsp3) is 0.524. The van der Waals surface area contributed by atoms with Crippen molar-refractivity contribution < 1.29 is 22.8 Å². The van der Waals surface area contributed by atoms with Crippen molar-refractivity contribution in [3.8, 4) is 0 Å². The standard InChI is InChI=1S/C21H26F3N5O2/c1-25-19(30)28-8-2-3-17(12-28)29(16-5-6-16)20(31)26-11-15-10-13-9-14(21(22,23)24)4-7-18(13)27-15/h4,7,9-10,16-17,27H,2-3,5-6,8,11-12H2,1H3,(H,25,30)(H,26,31). The van der Waals surface area contributed by atoms with Gasteiger partial charge >= 0.3 is 18.2 Å². The summed E-state index contributed by atoms with van der Waals surface area (Å²) in [5.74, 6) is 0. The van der Waals surface area contributed by atoms with Crippen LogP contribution in [-0.4, -0.2) is 59.1 Å². The summed E-state index contributed by atoms with van der Waals surface area (Å²) in [4.78, 5) is 31.6. The van der Waals surface area contributed by atoms with Gasteiger partial charge in [-0.15, -0.1) is 0 Å². The zero-order valence-electron chi connectivity index (χ0n) is 17.3. The van der Waals surface area contributed by atoms with E-state index in [1.165, 1.54) is 6.07 Å². The molecule has 7 nitrogen and oxygen atoms in total. The van der Waals surface area contributed by atoms with Gasteiger partial charge in [-0.3, -0.25) is 0 Å². The van der Waals surface area contributed by atoms with Gasteiger partial charge in [0.25, 0.3) is 0 Å². The number of piperidine rings is 1. The van der Waals surface area contributed by atoms with E-state index < -0.39 is 11.7 Å². The van der Waals surface area contributed by atoms with Gasteiger partial charge in [0, 0.05) is 42.8 Å². The average Bonchev–Trinajstić information content (AvgIpc) is 3.48. The summed E-state index contributed by atoms with van der Waals surface area (Å²) < 4.78 is 38.8. The zero-order valence-corrected chi connectivity index (χ0v) is 17.3. The molecule has 0 radical (unpaired) electrons. The number of nitrogens with one attached hydrogen (secondary N) is 3. The largest absolute Gasteiger partial charge is 0.416 e. The van der Waals surface area contributed by atoms with Crippen molar-refractivity contribution in [1.82, 2.24) is 25.4 Å². The van der Waals surface area contributed by atoms with Gasteiger partial charge in [0.2, 0.25) is 0 Å². The van der Waals surface area contributed by atoms with Gasteiger partial charge < -0.3 is 25.4 Å². The molecule has 1 aliphatic carbocycles. The van der Waals surface area contributed by atoms with Crippen LogP contribution < -0.4 is 10.6 Å². The molecular formula is C21H26F3N5O2. The number of hydrogen-bond donors (Lipinski definition) is 3. The smallest absolute Gasteiger partial charge is 0.357 e. The molecule has 1 unspecified atom stereocenters. The van der Waals surface area contributed by atoms with Gasteiger partial charge in [-0.25, -0.2) is 9.59 Å². The fourth-order valence-corrected chi connectivity index (χ4v) is 4.23. The molecule has 2 heterocycles. The highest BCUT2D eigenvalue weighted by Crippen LogP contribution is 2.33. The van der Waals surface area contributed by atoms with Crippen LogP contribution in [0.1, 0.15) is 36.9 Å². The number of fused-ring (bicyclic) bond motifs is 1. The quantitative estimate of drug-likeness (QED) is 0.683. The number of alkyl halides is 3. The minimum absolute atomic E-state index is 0.0457. The van der Waals surface area contributed by atoms with E-state index in [1.54, 1.807) is 18.0 Å². The number of aromatic amines is 1. The molecule has 2 fully saturated rings. The van der Waals surface area contributed by atoms with Gasteiger partial charge in [0.15, 0.2) is 0 Å². The van der Waals surface area contributed by atoms with E-state index in [0.29, 0.717) is 29.7 Å². The van der Waals surface area contributed by atoms with Crippen molar-refractivity contribution in [2.75, 3.05) is 20.1 Å². The molecule has 1 aliphatic heterocycles. The van der Waals surface area contributed by atoms with E-state index in [4.69, 9.17) is 0 Å². The highest BCUT2D eigenvalue weighted by atomic mass is 19.4. The van der Waals surface area contributed by atoms with Crippen molar-refractivity contribution in [2.24, 2.45) is 0 Å². The minimum atomic E-state index is -4.40. The number of aromatic nitrogens is 1. The maximum absolute atomic E-state index is 13.0. The number of rotatable bonds is 4. The molecule has 1 saturated heterocycles. The van der Waals surface area contributed by atoms with Crippen LogP contribution in [0.15, 0.2) is 24.3 Å². The SMILES string of the molecule is CNC(=O)N1CCCC(N(C(=O)NCc2cc3cc(C(F)(F)F)ccc3[nH]2)C2CC2)C1. The monoisotopic (exact) mass is 437 g/mol. The van der Waals surface area contributed by atoms with Crippen LogP contribution in [0.5, 0.6) is 0 Å². The highest BCUT2D eigenvalue weighted by Gasteiger charge is 2.39. The molecule has 1 atom stereocenters. The van der Waals surface area contributed by atoms with Crippen molar-refractivity contribution in [1.29, 1.82) is 0 Å². The number of urea groups is 2. The molecule has 2 aliphatic rings. The van der Waals surface area contributed by atoms with Crippen molar-refractivity contribution in [3.05, 3.63) is 35.5 Å². The second-order valence-electron chi connectivity index (χ2n) is 8.19. The Bertz CT molecular complexity index is 970. The first kappa shape index (κ1) is 21.3. The Morgan fingerprint density at radius 2 is 1.97 bits per heavy atom. The number of amides is 4. The predicted octanol–water partition coefficient (Wildman–Crippen LogP) is 3.66. The number of likely N-dealkylation sites (tertiary alicyclic amines) is 1. The van der Waals surface area contributed by atoms with E-state index >= 15 is 0 Å². The van der Waals surface area contributed by atoms with E-state index in [9.17, 15) is 22.8 Å². The highest BCUT2D eigenvalue weighted by molar-refractivity contribution is 5.82. The van der Waals surface area contributed by atoms with Crippen molar-refractivity contribution in [3.63, 3.8) is 0 Å². The van der Waals surface area contributed by atoms with Gasteiger partial charge in [0.05, 0.1) is 18.2 Å². The normalized spacial score (nSPS) is 19.4. The molecule has 1 saturated carbocycles. The lowest BCUT2D eigenvalue weighted by atomic mass is 10.0. The first-order valence-electron chi connectivity index (χ1n) is 10.5. The molecule has 31 heavy (non-hydrogen) atoms. The van der Waals surface area contributed by atoms with E-state index in [-0.39, 0.29) is 30.7 Å². The van der Waals surface area contributed by atoms with E-state index in [2.05, 4.69) is 15.6 Å². The Morgan fingerprint density at radius 3 is 2.65 bits per heavy atom. The van der Waals surface area contributed by atoms with Crippen LogP contribution in [-0.2, 0) is 12.7 Å². The number of carbonyl (C=O) groups excluding carboxylic acids is 2. The van der Waals surface area contributed by atoms with E-state index in [0.717, 1.165) is 37.8 Å². The summed E-state index contributed by atoms with van der Waals surface area (Å²) in [6.45, 7) is 1.35. The Hall–Kier alpha value is -2.91. The maximum Gasteiger partial charge on any atom is 0.416 e. The Labute approximate surface area is 177 Å². The number of carbonyl (C=O) groups is 2. The van der Waals surface area contributed by atoms with Gasteiger partial charge in [-0.1, -0.05) is 0 Å². The van der Waals surface area contributed by atoms with Crippen LogP contribution in [0.3, 0.4) is 0 Å². The summed E-state index contributed by atoms with van der Waals surface area (Å²) in [5, 5.41) is 5.98. The molecule has 2 aromatic rings. The van der Waals surface area contributed by atoms with Crippen LogP contribution >= 0.6 is 0 Å². The molecule has 0 bridgehead atoms. The van der Waals surface area contributed by atoms with Gasteiger partial charge in [-0.05, 0) is 49.9 Å². The average molecular weight is 437 g/mol. The lowest BCUT2D eigenvalue weighted by Gasteiger charge is -2.39. The van der Waals surface area contributed by atoms with E-state index in [1.807, 2.05) is 4.90 Å². The predicted molar refractivity (Wildman–Crippen MR) is 109 cm³/mol. The first-order valence-corrected chi connectivity index (χ1v) is 10.5. The third-order valence-corrected chi connectivity index (χ3v) is 5.90. The summed E-state index contributed by atoms with van der Waals surface area (Å²) in [6.07, 6.45) is -0.845.